The largest absolute Gasteiger partial charge is 0.369 e. The van der Waals surface area contributed by atoms with Gasteiger partial charge >= 0.3 is 0 Å². The fourth-order valence-electron chi connectivity index (χ4n) is 3.48. The summed E-state index contributed by atoms with van der Waals surface area (Å²) in [5.74, 6) is 0.747. The summed E-state index contributed by atoms with van der Waals surface area (Å²) >= 11 is 0. The Morgan fingerprint density at radius 2 is 1.64 bits per heavy atom. The van der Waals surface area contributed by atoms with Gasteiger partial charge in [0, 0.05) is 31.9 Å². The van der Waals surface area contributed by atoms with Crippen molar-refractivity contribution in [2.24, 2.45) is 0 Å². The predicted molar refractivity (Wildman–Crippen MR) is 101 cm³/mol. The highest BCUT2D eigenvalue weighted by Crippen LogP contribution is 2.22. The van der Waals surface area contributed by atoms with Crippen LogP contribution in [0.3, 0.4) is 0 Å². The molecule has 0 amide bonds. The van der Waals surface area contributed by atoms with Gasteiger partial charge in [-0.2, -0.15) is 0 Å². The first kappa shape index (κ1) is 15.8. The predicted octanol–water partition coefficient (Wildman–Crippen LogP) is 2.81. The minimum Gasteiger partial charge on any atom is -0.369 e. The van der Waals surface area contributed by atoms with Crippen molar-refractivity contribution in [3.05, 3.63) is 70.8 Å². The third-order valence-electron chi connectivity index (χ3n) is 5.01. The van der Waals surface area contributed by atoms with Crippen molar-refractivity contribution in [2.75, 3.05) is 31.1 Å². The monoisotopic (exact) mass is 334 g/mol. The van der Waals surface area contributed by atoms with Crippen LogP contribution in [0, 0.1) is 0 Å². The topological polar surface area (TPSA) is 52.2 Å². The summed E-state index contributed by atoms with van der Waals surface area (Å²) in [6.45, 7) is 5.97. The van der Waals surface area contributed by atoms with Crippen molar-refractivity contribution >= 4 is 16.6 Å². The number of hydrogen-bond acceptors (Lipinski definition) is 4. The minimum absolute atomic E-state index is 0.0598. The van der Waals surface area contributed by atoms with Crippen LogP contribution in [0.15, 0.2) is 59.4 Å². The van der Waals surface area contributed by atoms with Gasteiger partial charge in [0.2, 0.25) is 0 Å². The Hall–Kier alpha value is -2.66. The lowest BCUT2D eigenvalue weighted by atomic mass is 10.2. The molecular formula is C20H22N4O. The molecule has 3 aromatic rings. The lowest BCUT2D eigenvalue weighted by Crippen LogP contribution is -2.47. The zero-order valence-corrected chi connectivity index (χ0v) is 14.4. The van der Waals surface area contributed by atoms with Gasteiger partial charge in [-0.15, -0.1) is 0 Å². The molecule has 0 spiro atoms. The average molecular weight is 334 g/mol. The summed E-state index contributed by atoms with van der Waals surface area (Å²) in [5.41, 5.74) is 1.97. The van der Waals surface area contributed by atoms with Crippen LogP contribution in [0.4, 0.5) is 5.69 Å². The first-order valence-corrected chi connectivity index (χ1v) is 8.75. The van der Waals surface area contributed by atoms with Gasteiger partial charge in [-0.1, -0.05) is 30.3 Å². The average Bonchev–Trinajstić information content (AvgIpc) is 2.68. The Kier molecular flexibility index (Phi) is 4.24. The van der Waals surface area contributed by atoms with Gasteiger partial charge in [0.05, 0.1) is 16.9 Å². The van der Waals surface area contributed by atoms with Crippen LogP contribution in [0.1, 0.15) is 18.8 Å². The first-order valence-electron chi connectivity index (χ1n) is 8.75. The second-order valence-electron chi connectivity index (χ2n) is 6.50. The number of fused-ring (bicyclic) bond motifs is 1. The van der Waals surface area contributed by atoms with Crippen LogP contribution in [-0.2, 0) is 0 Å². The number of H-pyrrole nitrogens is 1. The van der Waals surface area contributed by atoms with Gasteiger partial charge < -0.3 is 9.88 Å². The number of aromatic amines is 1. The zero-order chi connectivity index (χ0) is 17.2. The second kappa shape index (κ2) is 6.69. The molecule has 5 nitrogen and oxygen atoms in total. The number of para-hydroxylation sites is 2. The van der Waals surface area contributed by atoms with E-state index in [2.05, 4.69) is 51.0 Å². The third-order valence-corrected chi connectivity index (χ3v) is 5.01. The normalized spacial score (nSPS) is 16.9. The fraction of sp³-hybridized carbons (Fsp3) is 0.300. The summed E-state index contributed by atoms with van der Waals surface area (Å²) < 4.78 is 0. The Balaban J connectivity index is 1.51. The van der Waals surface area contributed by atoms with E-state index in [0.29, 0.717) is 5.39 Å². The molecule has 1 saturated heterocycles. The Morgan fingerprint density at radius 1 is 0.960 bits per heavy atom. The van der Waals surface area contributed by atoms with E-state index in [1.165, 1.54) is 5.69 Å². The molecule has 25 heavy (non-hydrogen) atoms. The molecule has 1 atom stereocenters. The lowest BCUT2D eigenvalue weighted by molar-refractivity contribution is 0.192. The molecule has 1 aromatic heterocycles. The van der Waals surface area contributed by atoms with Gasteiger partial charge in [-0.3, -0.25) is 9.69 Å². The standard InChI is InChI=1S/C20H22N4O/c1-15(19-21-18-10-6-5-9-17(18)20(25)22-19)23-11-13-24(14-12-23)16-7-3-2-4-8-16/h2-10,15H,11-14H2,1H3,(H,21,22,25)/t15-/m0/s1. The molecule has 1 aliphatic heterocycles. The summed E-state index contributed by atoms with van der Waals surface area (Å²) in [7, 11) is 0. The fourth-order valence-corrected chi connectivity index (χ4v) is 3.48. The van der Waals surface area contributed by atoms with Crippen molar-refractivity contribution in [3.8, 4) is 0 Å². The van der Waals surface area contributed by atoms with E-state index in [9.17, 15) is 4.79 Å². The molecule has 0 bridgehead atoms. The summed E-state index contributed by atoms with van der Waals surface area (Å²) in [6, 6.07) is 18.1. The maximum Gasteiger partial charge on any atom is 0.258 e. The molecule has 2 aromatic carbocycles. The van der Waals surface area contributed by atoms with Crippen LogP contribution < -0.4 is 10.5 Å². The van der Waals surface area contributed by atoms with E-state index in [-0.39, 0.29) is 11.6 Å². The van der Waals surface area contributed by atoms with Crippen molar-refractivity contribution in [1.82, 2.24) is 14.9 Å². The summed E-state index contributed by atoms with van der Waals surface area (Å²) in [6.07, 6.45) is 0. The zero-order valence-electron chi connectivity index (χ0n) is 14.4. The van der Waals surface area contributed by atoms with Crippen LogP contribution in [0.5, 0.6) is 0 Å². The van der Waals surface area contributed by atoms with E-state index >= 15 is 0 Å². The molecule has 1 fully saturated rings. The number of piperazine rings is 1. The van der Waals surface area contributed by atoms with Crippen molar-refractivity contribution < 1.29 is 0 Å². The Morgan fingerprint density at radius 3 is 2.40 bits per heavy atom. The van der Waals surface area contributed by atoms with Gasteiger partial charge in [0.25, 0.3) is 5.56 Å². The van der Waals surface area contributed by atoms with E-state index in [1.807, 2.05) is 30.3 Å². The third kappa shape index (κ3) is 3.15. The molecule has 0 radical (unpaired) electrons. The quantitative estimate of drug-likeness (QED) is 0.800. The highest BCUT2D eigenvalue weighted by molar-refractivity contribution is 5.77. The number of anilines is 1. The molecule has 2 heterocycles. The molecule has 1 aliphatic rings. The van der Waals surface area contributed by atoms with Gasteiger partial charge in [0.1, 0.15) is 5.82 Å². The van der Waals surface area contributed by atoms with Crippen molar-refractivity contribution in [2.45, 2.75) is 13.0 Å². The molecule has 0 aliphatic carbocycles. The Bertz CT molecular complexity index is 914. The van der Waals surface area contributed by atoms with Crippen molar-refractivity contribution in [3.63, 3.8) is 0 Å². The maximum atomic E-state index is 12.3. The summed E-state index contributed by atoms with van der Waals surface area (Å²) in [5, 5.41) is 0.646. The van der Waals surface area contributed by atoms with Gasteiger partial charge in [-0.25, -0.2) is 4.98 Å². The molecule has 1 N–H and O–H groups in total. The molecular weight excluding hydrogens is 312 g/mol. The Labute approximate surface area is 146 Å². The van der Waals surface area contributed by atoms with Gasteiger partial charge in [-0.05, 0) is 31.2 Å². The van der Waals surface area contributed by atoms with Crippen molar-refractivity contribution in [1.29, 1.82) is 0 Å². The summed E-state index contributed by atoms with van der Waals surface area (Å²) in [4.78, 5) is 24.7. The highest BCUT2D eigenvalue weighted by Gasteiger charge is 2.24. The number of hydrogen-bond donors (Lipinski definition) is 1. The smallest absolute Gasteiger partial charge is 0.258 e. The van der Waals surface area contributed by atoms with Crippen LogP contribution in [-0.4, -0.2) is 41.0 Å². The minimum atomic E-state index is -0.0598. The molecule has 0 unspecified atom stereocenters. The van der Waals surface area contributed by atoms with Crippen LogP contribution >= 0.6 is 0 Å². The van der Waals surface area contributed by atoms with E-state index in [4.69, 9.17) is 0 Å². The number of nitrogens with one attached hydrogen (secondary N) is 1. The van der Waals surface area contributed by atoms with E-state index in [1.54, 1.807) is 0 Å². The number of rotatable bonds is 3. The SMILES string of the molecule is C[C@@H](c1nc2ccccc2c(=O)[nH]1)N1CCN(c2ccccc2)CC1. The highest BCUT2D eigenvalue weighted by atomic mass is 16.1. The van der Waals surface area contributed by atoms with E-state index < -0.39 is 0 Å². The molecule has 0 saturated carbocycles. The molecule has 4 rings (SSSR count). The maximum absolute atomic E-state index is 12.3. The second-order valence-corrected chi connectivity index (χ2v) is 6.50. The molecule has 5 heteroatoms. The van der Waals surface area contributed by atoms with E-state index in [0.717, 1.165) is 37.5 Å². The number of nitrogens with zero attached hydrogens (tertiary/aromatic N) is 3. The first-order chi connectivity index (χ1) is 12.2. The van der Waals surface area contributed by atoms with Crippen LogP contribution in [0.25, 0.3) is 10.9 Å². The number of benzene rings is 2. The van der Waals surface area contributed by atoms with Crippen LogP contribution in [0.2, 0.25) is 0 Å². The number of aromatic nitrogens is 2. The molecule has 128 valence electrons. The van der Waals surface area contributed by atoms with Gasteiger partial charge in [0.15, 0.2) is 0 Å². The lowest BCUT2D eigenvalue weighted by Gasteiger charge is -2.38.